The molecule has 1 unspecified atom stereocenters. The van der Waals surface area contributed by atoms with Gasteiger partial charge in [-0.05, 0) is 17.7 Å². The van der Waals surface area contributed by atoms with E-state index in [4.69, 9.17) is 0 Å². The van der Waals surface area contributed by atoms with Crippen LogP contribution in [0.5, 0.6) is 0 Å². The SMILES string of the molecule is O=[N+]([O-])c1cccc([C@@H]2CN2S(=O)(=O)c2ccccc2)c1. The van der Waals surface area contributed by atoms with E-state index < -0.39 is 14.9 Å². The molecule has 0 bridgehead atoms. The summed E-state index contributed by atoms with van der Waals surface area (Å²) in [4.78, 5) is 10.5. The van der Waals surface area contributed by atoms with Crippen molar-refractivity contribution in [2.24, 2.45) is 0 Å². The summed E-state index contributed by atoms with van der Waals surface area (Å²) in [6.07, 6.45) is 0. The summed E-state index contributed by atoms with van der Waals surface area (Å²) in [5.41, 5.74) is 0.611. The Morgan fingerprint density at radius 2 is 1.81 bits per heavy atom. The number of hydrogen-bond donors (Lipinski definition) is 0. The highest BCUT2D eigenvalue weighted by Gasteiger charge is 2.45. The highest BCUT2D eigenvalue weighted by atomic mass is 32.2. The van der Waals surface area contributed by atoms with Gasteiger partial charge >= 0.3 is 0 Å². The zero-order chi connectivity index (χ0) is 15.0. The van der Waals surface area contributed by atoms with E-state index in [-0.39, 0.29) is 16.6 Å². The standard InChI is InChI=1S/C14H12N2O4S/c17-16(18)12-6-4-5-11(9-12)14-10-15(14)21(19,20)13-7-2-1-3-8-13/h1-9,14H,10H2/t14-,15?/m0/s1. The molecule has 2 aromatic rings. The lowest BCUT2D eigenvalue weighted by Crippen LogP contribution is -2.12. The molecule has 1 fully saturated rings. The third kappa shape index (κ3) is 2.53. The summed E-state index contributed by atoms with van der Waals surface area (Å²) >= 11 is 0. The van der Waals surface area contributed by atoms with Gasteiger partial charge in [-0.15, -0.1) is 0 Å². The average Bonchev–Trinajstić information content (AvgIpc) is 3.29. The molecular weight excluding hydrogens is 292 g/mol. The number of benzene rings is 2. The Morgan fingerprint density at radius 3 is 2.48 bits per heavy atom. The number of sulfonamides is 1. The van der Waals surface area contributed by atoms with Gasteiger partial charge in [0.15, 0.2) is 0 Å². The number of rotatable bonds is 4. The Kier molecular flexibility index (Phi) is 3.23. The van der Waals surface area contributed by atoms with Gasteiger partial charge in [-0.2, -0.15) is 4.31 Å². The van der Waals surface area contributed by atoms with Crippen LogP contribution in [0.1, 0.15) is 11.6 Å². The van der Waals surface area contributed by atoms with E-state index >= 15 is 0 Å². The summed E-state index contributed by atoms with van der Waals surface area (Å²) in [7, 11) is -3.53. The fourth-order valence-electron chi connectivity index (χ4n) is 2.23. The van der Waals surface area contributed by atoms with Gasteiger partial charge < -0.3 is 0 Å². The van der Waals surface area contributed by atoms with Crippen LogP contribution in [0.25, 0.3) is 0 Å². The third-order valence-electron chi connectivity index (χ3n) is 3.38. The molecule has 21 heavy (non-hydrogen) atoms. The van der Waals surface area contributed by atoms with Gasteiger partial charge in [0.2, 0.25) is 10.0 Å². The van der Waals surface area contributed by atoms with Crippen molar-refractivity contribution in [3.63, 3.8) is 0 Å². The minimum atomic E-state index is -3.53. The minimum absolute atomic E-state index is 0.0311. The van der Waals surface area contributed by atoms with Crippen molar-refractivity contribution in [2.45, 2.75) is 10.9 Å². The van der Waals surface area contributed by atoms with Crippen LogP contribution in [-0.2, 0) is 10.0 Å². The van der Waals surface area contributed by atoms with Crippen LogP contribution in [0.4, 0.5) is 5.69 Å². The molecule has 0 aliphatic carbocycles. The summed E-state index contributed by atoms with van der Waals surface area (Å²) in [6, 6.07) is 13.9. The third-order valence-corrected chi connectivity index (χ3v) is 5.27. The van der Waals surface area contributed by atoms with Crippen LogP contribution in [-0.4, -0.2) is 24.2 Å². The van der Waals surface area contributed by atoms with E-state index in [2.05, 4.69) is 0 Å². The number of nitro benzene ring substituents is 1. The largest absolute Gasteiger partial charge is 0.269 e. The van der Waals surface area contributed by atoms with Gasteiger partial charge in [0, 0.05) is 18.7 Å². The molecule has 0 saturated carbocycles. The molecule has 0 amide bonds. The topological polar surface area (TPSA) is 80.3 Å². The monoisotopic (exact) mass is 304 g/mol. The fourth-order valence-corrected chi connectivity index (χ4v) is 3.80. The highest BCUT2D eigenvalue weighted by Crippen LogP contribution is 2.40. The molecule has 1 aliphatic rings. The molecule has 6 nitrogen and oxygen atoms in total. The van der Waals surface area contributed by atoms with Crippen LogP contribution in [0.15, 0.2) is 59.5 Å². The molecule has 108 valence electrons. The second kappa shape index (κ2) is 4.94. The first-order valence-electron chi connectivity index (χ1n) is 6.31. The predicted octanol–water partition coefficient (Wildman–Crippen LogP) is 2.34. The highest BCUT2D eigenvalue weighted by molar-refractivity contribution is 7.89. The Bertz CT molecular complexity index is 790. The van der Waals surface area contributed by atoms with Crippen LogP contribution < -0.4 is 0 Å². The van der Waals surface area contributed by atoms with Crippen molar-refractivity contribution >= 4 is 15.7 Å². The number of nitrogens with zero attached hydrogens (tertiary/aromatic N) is 2. The molecule has 0 aromatic heterocycles. The molecule has 0 spiro atoms. The molecule has 2 aromatic carbocycles. The van der Waals surface area contributed by atoms with Crippen molar-refractivity contribution in [1.82, 2.24) is 4.31 Å². The Hall–Kier alpha value is -2.25. The molecule has 0 N–H and O–H groups in total. The Morgan fingerprint density at radius 1 is 1.10 bits per heavy atom. The maximum Gasteiger partial charge on any atom is 0.269 e. The number of non-ortho nitro benzene ring substituents is 1. The molecule has 7 heteroatoms. The van der Waals surface area contributed by atoms with E-state index in [0.717, 1.165) is 0 Å². The average molecular weight is 304 g/mol. The van der Waals surface area contributed by atoms with Gasteiger partial charge in [0.05, 0.1) is 15.9 Å². The van der Waals surface area contributed by atoms with Crippen molar-refractivity contribution < 1.29 is 13.3 Å². The predicted molar refractivity (Wildman–Crippen MR) is 76.2 cm³/mol. The molecule has 1 saturated heterocycles. The van der Waals surface area contributed by atoms with E-state index in [0.29, 0.717) is 12.1 Å². The number of nitro groups is 1. The van der Waals surface area contributed by atoms with Crippen molar-refractivity contribution in [1.29, 1.82) is 0 Å². The first kappa shape index (κ1) is 13.7. The van der Waals surface area contributed by atoms with Gasteiger partial charge in [0.25, 0.3) is 5.69 Å². The maximum absolute atomic E-state index is 12.4. The molecule has 1 heterocycles. The second-order valence-corrected chi connectivity index (χ2v) is 6.65. The quantitative estimate of drug-likeness (QED) is 0.493. The first-order chi connectivity index (χ1) is 10.00. The Balaban J connectivity index is 1.87. The van der Waals surface area contributed by atoms with Crippen LogP contribution >= 0.6 is 0 Å². The smallest absolute Gasteiger partial charge is 0.258 e. The van der Waals surface area contributed by atoms with Crippen LogP contribution in [0, 0.1) is 10.1 Å². The molecule has 1 aliphatic heterocycles. The second-order valence-electron chi connectivity index (χ2n) is 4.76. The van der Waals surface area contributed by atoms with Crippen molar-refractivity contribution in [3.8, 4) is 0 Å². The summed E-state index contributed by atoms with van der Waals surface area (Å²) < 4.78 is 26.1. The van der Waals surface area contributed by atoms with Crippen LogP contribution in [0.2, 0.25) is 0 Å². The fraction of sp³-hybridized carbons (Fsp3) is 0.143. The molecule has 0 radical (unpaired) electrons. The van der Waals surface area contributed by atoms with Gasteiger partial charge in [-0.3, -0.25) is 10.1 Å². The van der Waals surface area contributed by atoms with Gasteiger partial charge in [0.1, 0.15) is 0 Å². The Labute approximate surface area is 121 Å². The summed E-state index contributed by atoms with van der Waals surface area (Å²) in [5, 5.41) is 10.8. The van der Waals surface area contributed by atoms with E-state index in [1.165, 1.54) is 28.6 Å². The normalized spacial score (nSPS) is 21.0. The zero-order valence-electron chi connectivity index (χ0n) is 10.9. The van der Waals surface area contributed by atoms with Crippen molar-refractivity contribution in [3.05, 3.63) is 70.3 Å². The van der Waals surface area contributed by atoms with E-state index in [9.17, 15) is 18.5 Å². The molecular formula is C14H12N2O4S. The lowest BCUT2D eigenvalue weighted by molar-refractivity contribution is -0.384. The maximum atomic E-state index is 12.4. The first-order valence-corrected chi connectivity index (χ1v) is 7.75. The van der Waals surface area contributed by atoms with Crippen molar-refractivity contribution in [2.75, 3.05) is 6.54 Å². The lowest BCUT2D eigenvalue weighted by Gasteiger charge is -2.06. The van der Waals surface area contributed by atoms with Crippen LogP contribution in [0.3, 0.4) is 0 Å². The van der Waals surface area contributed by atoms with E-state index in [1.54, 1.807) is 30.3 Å². The van der Waals surface area contributed by atoms with E-state index in [1.807, 2.05) is 0 Å². The minimum Gasteiger partial charge on any atom is -0.258 e. The summed E-state index contributed by atoms with van der Waals surface area (Å²) in [6.45, 7) is 0.346. The number of hydrogen-bond acceptors (Lipinski definition) is 4. The molecule has 2 atom stereocenters. The zero-order valence-corrected chi connectivity index (χ0v) is 11.7. The molecule has 3 rings (SSSR count). The lowest BCUT2D eigenvalue weighted by atomic mass is 10.1. The summed E-state index contributed by atoms with van der Waals surface area (Å²) in [5.74, 6) is 0. The van der Waals surface area contributed by atoms with Gasteiger partial charge in [-0.25, -0.2) is 8.42 Å². The van der Waals surface area contributed by atoms with Gasteiger partial charge in [-0.1, -0.05) is 30.3 Å².